The minimum atomic E-state index is 0. The van der Waals surface area contributed by atoms with Crippen molar-refractivity contribution in [2.45, 2.75) is 39.5 Å². The standard InChI is InChI=1S/C8H14O.C2H5.Zn/c1-2-7-4-3-5-8(9)6-7;1-2;/h6-7,9H,2-5H2,1H3;1H2,2H3;/p-1. The van der Waals surface area contributed by atoms with Gasteiger partial charge in [0, 0.05) is 19.5 Å². The van der Waals surface area contributed by atoms with Crippen LogP contribution in [0.25, 0.3) is 0 Å². The van der Waals surface area contributed by atoms with Crippen molar-refractivity contribution >= 4 is 0 Å². The monoisotopic (exact) mass is 218 g/mol. The Morgan fingerprint density at radius 2 is 2.17 bits per heavy atom. The zero-order chi connectivity index (χ0) is 8.69. The van der Waals surface area contributed by atoms with E-state index in [-0.39, 0.29) is 19.5 Å². The summed E-state index contributed by atoms with van der Waals surface area (Å²) in [5.41, 5.74) is 0. The van der Waals surface area contributed by atoms with Gasteiger partial charge in [0.1, 0.15) is 0 Å². The van der Waals surface area contributed by atoms with Crippen LogP contribution >= 0.6 is 0 Å². The second-order valence-electron chi connectivity index (χ2n) is 2.69. The largest absolute Gasteiger partial charge is 0.876 e. The minimum absolute atomic E-state index is 0. The van der Waals surface area contributed by atoms with Crippen molar-refractivity contribution in [3.05, 3.63) is 18.8 Å². The molecule has 12 heavy (non-hydrogen) atoms. The van der Waals surface area contributed by atoms with Crippen LogP contribution in [0, 0.1) is 12.8 Å². The van der Waals surface area contributed by atoms with Crippen LogP contribution in [0.4, 0.5) is 0 Å². The molecule has 0 saturated carbocycles. The van der Waals surface area contributed by atoms with Crippen LogP contribution < -0.4 is 5.11 Å². The molecule has 1 radical (unpaired) electrons. The molecular formula is C10H18OZn-. The molecule has 0 aromatic heterocycles. The van der Waals surface area contributed by atoms with Crippen molar-refractivity contribution in [2.75, 3.05) is 0 Å². The van der Waals surface area contributed by atoms with Gasteiger partial charge in [-0.25, -0.2) is 0 Å². The molecule has 1 atom stereocenters. The van der Waals surface area contributed by atoms with Gasteiger partial charge in [-0.3, -0.25) is 0 Å². The third-order valence-electron chi connectivity index (χ3n) is 1.94. The smallest absolute Gasteiger partial charge is 0 e. The van der Waals surface area contributed by atoms with E-state index in [1.165, 1.54) is 6.42 Å². The first-order chi connectivity index (χ1) is 5.33. The summed E-state index contributed by atoms with van der Waals surface area (Å²) in [5, 5.41) is 10.8. The maximum atomic E-state index is 10.8. The first-order valence-corrected chi connectivity index (χ1v) is 4.41. The maximum Gasteiger partial charge on any atom is 0 e. The van der Waals surface area contributed by atoms with Gasteiger partial charge in [0.2, 0.25) is 0 Å². The van der Waals surface area contributed by atoms with Crippen LogP contribution in [0.15, 0.2) is 11.8 Å². The molecule has 1 nitrogen and oxygen atoms in total. The van der Waals surface area contributed by atoms with Gasteiger partial charge in [-0.05, 0) is 31.6 Å². The van der Waals surface area contributed by atoms with Crippen molar-refractivity contribution in [1.82, 2.24) is 0 Å². The Bertz CT molecular complexity index is 121. The zero-order valence-corrected chi connectivity index (χ0v) is 11.3. The molecule has 0 aromatic carbocycles. The quantitative estimate of drug-likeness (QED) is 0.621. The van der Waals surface area contributed by atoms with E-state index in [0.717, 1.165) is 19.3 Å². The Labute approximate surface area is 89.0 Å². The minimum Gasteiger partial charge on any atom is -0.876 e. The fourth-order valence-electron chi connectivity index (χ4n) is 1.29. The molecule has 67 valence electrons. The molecule has 0 spiro atoms. The van der Waals surface area contributed by atoms with E-state index in [2.05, 4.69) is 13.8 Å². The molecule has 1 rings (SSSR count). The van der Waals surface area contributed by atoms with Gasteiger partial charge in [-0.2, -0.15) is 0 Å². The SMILES string of the molecule is CCC1C=C([O-])CCC1.[CH2]C.[Zn]. The average Bonchev–Trinajstić information content (AvgIpc) is 2.08. The van der Waals surface area contributed by atoms with Crippen LogP contribution in [-0.2, 0) is 19.5 Å². The summed E-state index contributed by atoms with van der Waals surface area (Å²) < 4.78 is 0. The summed E-state index contributed by atoms with van der Waals surface area (Å²) >= 11 is 0. The molecule has 0 N–H and O–H groups in total. The Morgan fingerprint density at radius 3 is 2.50 bits per heavy atom. The second-order valence-corrected chi connectivity index (χ2v) is 2.69. The predicted octanol–water partition coefficient (Wildman–Crippen LogP) is 2.28. The van der Waals surface area contributed by atoms with E-state index in [9.17, 15) is 5.11 Å². The fourth-order valence-corrected chi connectivity index (χ4v) is 1.29. The van der Waals surface area contributed by atoms with Gasteiger partial charge in [0.25, 0.3) is 0 Å². The van der Waals surface area contributed by atoms with Crippen molar-refractivity contribution < 1.29 is 24.6 Å². The molecule has 1 aliphatic carbocycles. The van der Waals surface area contributed by atoms with Crippen molar-refractivity contribution in [1.29, 1.82) is 0 Å². The zero-order valence-electron chi connectivity index (χ0n) is 8.31. The van der Waals surface area contributed by atoms with E-state index in [0.29, 0.717) is 11.7 Å². The predicted molar refractivity (Wildman–Crippen MR) is 46.7 cm³/mol. The first-order valence-electron chi connectivity index (χ1n) is 4.41. The van der Waals surface area contributed by atoms with Gasteiger partial charge in [-0.1, -0.05) is 26.8 Å². The van der Waals surface area contributed by atoms with E-state index >= 15 is 0 Å². The van der Waals surface area contributed by atoms with E-state index in [4.69, 9.17) is 0 Å². The van der Waals surface area contributed by atoms with Gasteiger partial charge in [0.05, 0.1) is 0 Å². The van der Waals surface area contributed by atoms with Crippen molar-refractivity contribution in [3.63, 3.8) is 0 Å². The van der Waals surface area contributed by atoms with Crippen molar-refractivity contribution in [2.24, 2.45) is 5.92 Å². The van der Waals surface area contributed by atoms with Crippen LogP contribution in [0.1, 0.15) is 39.5 Å². The van der Waals surface area contributed by atoms with Gasteiger partial charge < -0.3 is 5.11 Å². The molecular weight excluding hydrogens is 201 g/mol. The summed E-state index contributed by atoms with van der Waals surface area (Å²) in [7, 11) is 0. The van der Waals surface area contributed by atoms with Crippen LogP contribution in [0.3, 0.4) is 0 Å². The maximum absolute atomic E-state index is 10.8. The van der Waals surface area contributed by atoms with Crippen LogP contribution in [0.2, 0.25) is 0 Å². The molecule has 0 aromatic rings. The summed E-state index contributed by atoms with van der Waals surface area (Å²) in [5.74, 6) is 0.944. The topological polar surface area (TPSA) is 23.1 Å². The van der Waals surface area contributed by atoms with Crippen LogP contribution in [-0.4, -0.2) is 0 Å². The fraction of sp³-hybridized carbons (Fsp3) is 0.700. The van der Waals surface area contributed by atoms with Gasteiger partial charge in [-0.15, -0.1) is 5.76 Å². The Kier molecular flexibility index (Phi) is 11.3. The van der Waals surface area contributed by atoms with Gasteiger partial charge in [0.15, 0.2) is 0 Å². The summed E-state index contributed by atoms with van der Waals surface area (Å²) in [4.78, 5) is 0. The Balaban J connectivity index is 0. The average molecular weight is 220 g/mol. The van der Waals surface area contributed by atoms with Gasteiger partial charge >= 0.3 is 0 Å². The second kappa shape index (κ2) is 9.25. The molecule has 0 bridgehead atoms. The van der Waals surface area contributed by atoms with E-state index in [1.807, 2.05) is 6.08 Å². The summed E-state index contributed by atoms with van der Waals surface area (Å²) in [6.07, 6.45) is 6.14. The number of allylic oxidation sites excluding steroid dienone is 2. The summed E-state index contributed by atoms with van der Waals surface area (Å²) in [6.45, 7) is 7.14. The molecule has 0 heterocycles. The normalized spacial score (nSPS) is 21.2. The number of hydrogen-bond acceptors (Lipinski definition) is 1. The molecule has 0 fully saturated rings. The Hall–Kier alpha value is 0.163. The molecule has 1 aliphatic rings. The van der Waals surface area contributed by atoms with E-state index < -0.39 is 0 Å². The van der Waals surface area contributed by atoms with E-state index in [1.54, 1.807) is 6.92 Å². The summed E-state index contributed by atoms with van der Waals surface area (Å²) in [6, 6.07) is 0. The third kappa shape index (κ3) is 5.77. The molecule has 2 heteroatoms. The molecule has 0 amide bonds. The Morgan fingerprint density at radius 1 is 1.58 bits per heavy atom. The molecule has 0 saturated heterocycles. The third-order valence-corrected chi connectivity index (χ3v) is 1.94. The molecule has 0 aliphatic heterocycles. The van der Waals surface area contributed by atoms with Crippen LogP contribution in [0.5, 0.6) is 0 Å². The first kappa shape index (κ1) is 14.7. The van der Waals surface area contributed by atoms with Crippen molar-refractivity contribution in [3.8, 4) is 0 Å². The number of rotatable bonds is 1. The number of hydrogen-bond donors (Lipinski definition) is 0. The molecule has 1 unspecified atom stereocenters.